The van der Waals surface area contributed by atoms with E-state index < -0.39 is 0 Å². The lowest BCUT2D eigenvalue weighted by molar-refractivity contribution is 0.855. The first-order chi connectivity index (χ1) is 7.60. The highest BCUT2D eigenvalue weighted by molar-refractivity contribution is 7.99. The average Bonchev–Trinajstić information content (AvgIpc) is 2.24. The zero-order valence-electron chi connectivity index (χ0n) is 9.62. The van der Waals surface area contributed by atoms with Gasteiger partial charge in [0.2, 0.25) is 0 Å². The van der Waals surface area contributed by atoms with E-state index in [9.17, 15) is 0 Å². The Morgan fingerprint density at radius 1 is 1.44 bits per heavy atom. The molecule has 0 radical (unpaired) electrons. The SMILES string of the molecule is Cc1nnc(SC(C)CCCl)c(C#N)c1C. The molecule has 1 atom stereocenters. The topological polar surface area (TPSA) is 49.6 Å². The quantitative estimate of drug-likeness (QED) is 0.613. The molecule has 0 saturated carbocycles. The molecule has 1 aromatic rings. The Bertz CT molecular complexity index is 414. The summed E-state index contributed by atoms with van der Waals surface area (Å²) in [6, 6.07) is 2.20. The van der Waals surface area contributed by atoms with Crippen molar-refractivity contribution in [1.29, 1.82) is 5.26 Å². The zero-order valence-corrected chi connectivity index (χ0v) is 11.2. The fraction of sp³-hybridized carbons (Fsp3) is 0.545. The molecule has 3 nitrogen and oxygen atoms in total. The number of hydrogen-bond donors (Lipinski definition) is 0. The second-order valence-corrected chi connectivity index (χ2v) is 5.41. The third kappa shape index (κ3) is 3.10. The van der Waals surface area contributed by atoms with Gasteiger partial charge in [-0.25, -0.2) is 0 Å². The Labute approximate surface area is 105 Å². The Kier molecular flexibility index (Phi) is 5.04. The third-order valence-electron chi connectivity index (χ3n) is 2.36. The molecular formula is C11H14ClN3S. The Hall–Kier alpha value is -0.790. The smallest absolute Gasteiger partial charge is 0.137 e. The van der Waals surface area contributed by atoms with Crippen molar-refractivity contribution < 1.29 is 0 Å². The lowest BCUT2D eigenvalue weighted by Crippen LogP contribution is -2.03. The monoisotopic (exact) mass is 255 g/mol. The van der Waals surface area contributed by atoms with E-state index in [1.807, 2.05) is 13.8 Å². The van der Waals surface area contributed by atoms with Crippen molar-refractivity contribution in [3.8, 4) is 6.07 Å². The first-order valence-corrected chi connectivity index (χ1v) is 6.48. The number of halogens is 1. The first kappa shape index (κ1) is 13.3. The van der Waals surface area contributed by atoms with Crippen molar-refractivity contribution in [2.75, 3.05) is 5.88 Å². The van der Waals surface area contributed by atoms with Gasteiger partial charge in [-0.1, -0.05) is 6.92 Å². The molecule has 16 heavy (non-hydrogen) atoms. The molecule has 0 fully saturated rings. The van der Waals surface area contributed by atoms with Gasteiger partial charge in [0.1, 0.15) is 11.1 Å². The minimum absolute atomic E-state index is 0.348. The summed E-state index contributed by atoms with van der Waals surface area (Å²) in [5, 5.41) is 18.3. The molecule has 0 bridgehead atoms. The van der Waals surface area contributed by atoms with Gasteiger partial charge in [0, 0.05) is 11.1 Å². The van der Waals surface area contributed by atoms with Crippen molar-refractivity contribution in [3.63, 3.8) is 0 Å². The van der Waals surface area contributed by atoms with Crippen LogP contribution in [0, 0.1) is 25.2 Å². The second kappa shape index (κ2) is 6.07. The summed E-state index contributed by atoms with van der Waals surface area (Å²) in [5.41, 5.74) is 2.36. The minimum atomic E-state index is 0.348. The van der Waals surface area contributed by atoms with Gasteiger partial charge in [-0.05, 0) is 25.8 Å². The Balaban J connectivity index is 2.97. The van der Waals surface area contributed by atoms with Gasteiger partial charge in [0.25, 0.3) is 0 Å². The summed E-state index contributed by atoms with van der Waals surface area (Å²) in [6.45, 7) is 5.84. The summed E-state index contributed by atoms with van der Waals surface area (Å²) in [7, 11) is 0. The van der Waals surface area contributed by atoms with E-state index in [0.717, 1.165) is 17.7 Å². The van der Waals surface area contributed by atoms with Gasteiger partial charge >= 0.3 is 0 Å². The van der Waals surface area contributed by atoms with Crippen LogP contribution in [0.4, 0.5) is 0 Å². The lowest BCUT2D eigenvalue weighted by Gasteiger charge is -2.10. The summed E-state index contributed by atoms with van der Waals surface area (Å²) < 4.78 is 0. The van der Waals surface area contributed by atoms with Crippen LogP contribution in [0.25, 0.3) is 0 Å². The predicted molar refractivity (Wildman–Crippen MR) is 66.9 cm³/mol. The molecule has 1 aromatic heterocycles. The number of aromatic nitrogens is 2. The Morgan fingerprint density at radius 2 is 2.12 bits per heavy atom. The maximum atomic E-state index is 9.11. The molecule has 0 saturated heterocycles. The molecule has 1 heterocycles. The minimum Gasteiger partial charge on any atom is -0.192 e. The number of alkyl halides is 1. The molecule has 0 aliphatic carbocycles. The summed E-state index contributed by atoms with van der Waals surface area (Å²) >= 11 is 7.24. The van der Waals surface area contributed by atoms with Gasteiger partial charge in [-0.3, -0.25) is 0 Å². The maximum Gasteiger partial charge on any atom is 0.137 e. The van der Waals surface area contributed by atoms with E-state index >= 15 is 0 Å². The summed E-state index contributed by atoms with van der Waals surface area (Å²) in [5.74, 6) is 0.619. The van der Waals surface area contributed by atoms with Crippen molar-refractivity contribution in [3.05, 3.63) is 16.8 Å². The van der Waals surface area contributed by atoms with Gasteiger partial charge in [-0.15, -0.1) is 28.5 Å². The molecule has 0 aromatic carbocycles. The average molecular weight is 256 g/mol. The maximum absolute atomic E-state index is 9.11. The standard InChI is InChI=1S/C11H14ClN3S/c1-7(4-5-12)16-11-10(6-13)8(2)9(3)14-15-11/h7H,4-5H2,1-3H3. The van der Waals surface area contributed by atoms with Gasteiger partial charge in [0.05, 0.1) is 11.3 Å². The van der Waals surface area contributed by atoms with Crippen LogP contribution in [0.15, 0.2) is 5.03 Å². The molecular weight excluding hydrogens is 242 g/mol. The molecule has 5 heteroatoms. The van der Waals surface area contributed by atoms with E-state index in [1.165, 1.54) is 0 Å². The van der Waals surface area contributed by atoms with Crippen molar-refractivity contribution in [2.24, 2.45) is 0 Å². The molecule has 0 N–H and O–H groups in total. The lowest BCUT2D eigenvalue weighted by atomic mass is 10.1. The van der Waals surface area contributed by atoms with Gasteiger partial charge < -0.3 is 0 Å². The number of aryl methyl sites for hydroxylation is 1. The van der Waals surface area contributed by atoms with Crippen LogP contribution in [-0.4, -0.2) is 21.3 Å². The van der Waals surface area contributed by atoms with Gasteiger partial charge in [-0.2, -0.15) is 10.4 Å². The van der Waals surface area contributed by atoms with Gasteiger partial charge in [0.15, 0.2) is 0 Å². The normalized spacial score (nSPS) is 12.2. The fourth-order valence-corrected chi connectivity index (χ4v) is 2.68. The zero-order chi connectivity index (χ0) is 12.1. The number of hydrogen-bond acceptors (Lipinski definition) is 4. The van der Waals surface area contributed by atoms with Crippen molar-refractivity contribution in [1.82, 2.24) is 10.2 Å². The largest absolute Gasteiger partial charge is 0.192 e. The van der Waals surface area contributed by atoms with Crippen LogP contribution in [0.1, 0.15) is 30.2 Å². The molecule has 86 valence electrons. The van der Waals surface area contributed by atoms with E-state index in [0.29, 0.717) is 21.7 Å². The highest BCUT2D eigenvalue weighted by atomic mass is 35.5. The van der Waals surface area contributed by atoms with E-state index in [-0.39, 0.29) is 0 Å². The number of thioether (sulfide) groups is 1. The van der Waals surface area contributed by atoms with Crippen LogP contribution in [0.5, 0.6) is 0 Å². The number of nitriles is 1. The fourth-order valence-electron chi connectivity index (χ4n) is 1.20. The van der Waals surface area contributed by atoms with E-state index in [4.69, 9.17) is 16.9 Å². The van der Waals surface area contributed by atoms with Crippen LogP contribution in [0.2, 0.25) is 0 Å². The highest BCUT2D eigenvalue weighted by Crippen LogP contribution is 2.28. The first-order valence-electron chi connectivity index (χ1n) is 5.06. The summed E-state index contributed by atoms with van der Waals surface area (Å²) in [4.78, 5) is 0. The van der Waals surface area contributed by atoms with Crippen LogP contribution in [0.3, 0.4) is 0 Å². The number of nitrogens with zero attached hydrogens (tertiary/aromatic N) is 3. The molecule has 1 rings (SSSR count). The Morgan fingerprint density at radius 3 is 2.69 bits per heavy atom. The molecule has 0 aliphatic rings. The van der Waals surface area contributed by atoms with Crippen LogP contribution >= 0.6 is 23.4 Å². The third-order valence-corrected chi connectivity index (χ3v) is 3.73. The van der Waals surface area contributed by atoms with E-state index in [1.54, 1.807) is 11.8 Å². The summed E-state index contributed by atoms with van der Waals surface area (Å²) in [6.07, 6.45) is 0.895. The van der Waals surface area contributed by atoms with E-state index in [2.05, 4.69) is 23.2 Å². The molecule has 0 amide bonds. The molecule has 0 spiro atoms. The second-order valence-electron chi connectivity index (χ2n) is 3.61. The van der Waals surface area contributed by atoms with Crippen molar-refractivity contribution in [2.45, 2.75) is 37.5 Å². The highest BCUT2D eigenvalue weighted by Gasteiger charge is 2.14. The molecule has 0 aliphatic heterocycles. The number of rotatable bonds is 4. The van der Waals surface area contributed by atoms with Crippen LogP contribution < -0.4 is 0 Å². The predicted octanol–water partition coefficient (Wildman–Crippen LogP) is 3.07. The molecule has 1 unspecified atom stereocenters. The van der Waals surface area contributed by atoms with Crippen LogP contribution in [-0.2, 0) is 0 Å². The van der Waals surface area contributed by atoms with Crippen molar-refractivity contribution >= 4 is 23.4 Å².